The third-order valence-electron chi connectivity index (χ3n) is 4.31. The van der Waals surface area contributed by atoms with Crippen LogP contribution in [0.1, 0.15) is 38.1 Å². The fraction of sp³-hybridized carbons (Fsp3) is 0.278. The molecule has 1 aromatic rings. The zero-order valence-corrected chi connectivity index (χ0v) is 13.5. The van der Waals surface area contributed by atoms with E-state index in [1.807, 2.05) is 0 Å². The van der Waals surface area contributed by atoms with Gasteiger partial charge in [0.05, 0.1) is 5.70 Å². The average molecular weight is 311 g/mol. The van der Waals surface area contributed by atoms with Crippen LogP contribution < -0.4 is 0 Å². The molecule has 118 valence electrons. The lowest BCUT2D eigenvalue weighted by molar-refractivity contribution is -0.145. The molecule has 0 aliphatic carbocycles. The van der Waals surface area contributed by atoms with Gasteiger partial charge in [-0.05, 0) is 27.7 Å². The Kier molecular flexibility index (Phi) is 3.25. The average Bonchev–Trinajstić information content (AvgIpc) is 2.82. The monoisotopic (exact) mass is 311 g/mol. The summed E-state index contributed by atoms with van der Waals surface area (Å²) in [6, 6.07) is 8.52. The summed E-state index contributed by atoms with van der Waals surface area (Å²) >= 11 is 0. The second-order valence-electron chi connectivity index (χ2n) is 6.21. The summed E-state index contributed by atoms with van der Waals surface area (Å²) in [7, 11) is 0. The van der Waals surface area contributed by atoms with Crippen molar-refractivity contribution in [1.82, 2.24) is 4.90 Å². The van der Waals surface area contributed by atoms with Crippen LogP contribution in [0.4, 0.5) is 0 Å². The SMILES string of the molecule is CC1=C(C)N2C(=O)C(C)(C)C(=O)C(C(=O)c3ccccc3)=C2O1. The van der Waals surface area contributed by atoms with E-state index in [-0.39, 0.29) is 17.4 Å². The maximum atomic E-state index is 12.8. The molecule has 3 rings (SSSR count). The molecule has 0 saturated carbocycles. The van der Waals surface area contributed by atoms with E-state index in [1.54, 1.807) is 44.2 Å². The highest BCUT2D eigenvalue weighted by Crippen LogP contribution is 2.42. The lowest BCUT2D eigenvalue weighted by Crippen LogP contribution is -2.49. The third-order valence-corrected chi connectivity index (χ3v) is 4.31. The van der Waals surface area contributed by atoms with Crippen molar-refractivity contribution in [3.63, 3.8) is 0 Å². The summed E-state index contributed by atoms with van der Waals surface area (Å²) in [5.74, 6) is -0.777. The van der Waals surface area contributed by atoms with E-state index in [0.29, 0.717) is 17.0 Å². The summed E-state index contributed by atoms with van der Waals surface area (Å²) in [4.78, 5) is 39.6. The Bertz CT molecular complexity index is 800. The fourth-order valence-electron chi connectivity index (χ4n) is 2.70. The molecule has 0 bridgehead atoms. The molecule has 2 aliphatic rings. The van der Waals surface area contributed by atoms with Gasteiger partial charge in [-0.15, -0.1) is 0 Å². The number of ketones is 2. The van der Waals surface area contributed by atoms with Crippen molar-refractivity contribution in [1.29, 1.82) is 0 Å². The lowest BCUT2D eigenvalue weighted by Gasteiger charge is -2.34. The van der Waals surface area contributed by atoms with Crippen LogP contribution in [0.25, 0.3) is 0 Å². The van der Waals surface area contributed by atoms with E-state index < -0.39 is 17.0 Å². The molecule has 0 aromatic heterocycles. The van der Waals surface area contributed by atoms with Gasteiger partial charge < -0.3 is 4.74 Å². The highest BCUT2D eigenvalue weighted by molar-refractivity contribution is 6.33. The number of amides is 1. The molecule has 1 aromatic carbocycles. The quantitative estimate of drug-likeness (QED) is 0.478. The Labute approximate surface area is 134 Å². The first kappa shape index (κ1) is 15.2. The van der Waals surface area contributed by atoms with Crippen molar-refractivity contribution in [3.8, 4) is 0 Å². The van der Waals surface area contributed by atoms with Gasteiger partial charge in [-0.3, -0.25) is 14.4 Å². The molecule has 0 spiro atoms. The molecule has 1 amide bonds. The molecule has 2 aliphatic heterocycles. The largest absolute Gasteiger partial charge is 0.442 e. The number of benzene rings is 1. The first-order chi connectivity index (χ1) is 10.8. The molecule has 23 heavy (non-hydrogen) atoms. The van der Waals surface area contributed by atoms with Crippen molar-refractivity contribution in [2.75, 3.05) is 0 Å². The number of hydrogen-bond donors (Lipinski definition) is 0. The summed E-state index contributed by atoms with van der Waals surface area (Å²) < 4.78 is 5.59. The van der Waals surface area contributed by atoms with Crippen LogP contribution in [-0.2, 0) is 14.3 Å². The molecule has 2 heterocycles. The van der Waals surface area contributed by atoms with Gasteiger partial charge in [0.2, 0.25) is 17.6 Å². The molecule has 0 saturated heterocycles. The molecule has 0 unspecified atom stereocenters. The highest BCUT2D eigenvalue weighted by Gasteiger charge is 2.53. The summed E-state index contributed by atoms with van der Waals surface area (Å²) in [5.41, 5.74) is -0.390. The van der Waals surface area contributed by atoms with Crippen LogP contribution in [0.5, 0.6) is 0 Å². The van der Waals surface area contributed by atoms with Crippen LogP contribution in [0.3, 0.4) is 0 Å². The van der Waals surface area contributed by atoms with Crippen molar-refractivity contribution >= 4 is 17.5 Å². The van der Waals surface area contributed by atoms with Crippen molar-refractivity contribution in [3.05, 3.63) is 58.8 Å². The smallest absolute Gasteiger partial charge is 0.247 e. The summed E-state index contributed by atoms with van der Waals surface area (Å²) in [5, 5.41) is 0. The molecule has 5 nitrogen and oxygen atoms in total. The van der Waals surface area contributed by atoms with E-state index in [4.69, 9.17) is 4.74 Å². The number of rotatable bonds is 2. The Morgan fingerprint density at radius 1 is 1.09 bits per heavy atom. The summed E-state index contributed by atoms with van der Waals surface area (Å²) in [6.07, 6.45) is 0. The molecule has 5 heteroatoms. The maximum Gasteiger partial charge on any atom is 0.247 e. The molecule has 0 radical (unpaired) electrons. The van der Waals surface area contributed by atoms with Crippen molar-refractivity contribution in [2.45, 2.75) is 27.7 Å². The van der Waals surface area contributed by atoms with Crippen LogP contribution in [-0.4, -0.2) is 22.4 Å². The first-order valence-corrected chi connectivity index (χ1v) is 7.35. The minimum absolute atomic E-state index is 0.0307. The predicted octanol–water partition coefficient (Wildman–Crippen LogP) is 2.80. The van der Waals surface area contributed by atoms with Gasteiger partial charge in [0, 0.05) is 5.56 Å². The molecule has 0 N–H and O–H groups in total. The van der Waals surface area contributed by atoms with Crippen LogP contribution in [0, 0.1) is 5.41 Å². The Balaban J connectivity index is 2.21. The summed E-state index contributed by atoms with van der Waals surface area (Å²) in [6.45, 7) is 6.51. The fourth-order valence-corrected chi connectivity index (χ4v) is 2.70. The van der Waals surface area contributed by atoms with Gasteiger partial charge in [-0.1, -0.05) is 30.3 Å². The van der Waals surface area contributed by atoms with Gasteiger partial charge in [-0.25, -0.2) is 4.90 Å². The lowest BCUT2D eigenvalue weighted by atomic mass is 9.78. The van der Waals surface area contributed by atoms with Crippen molar-refractivity contribution in [2.24, 2.45) is 5.41 Å². The standard InChI is InChI=1S/C18H17NO4/c1-10-11(2)23-16-13(14(20)12-8-6-5-7-9-12)15(21)18(3,4)17(22)19(10)16/h5-9H,1-4H3. The second kappa shape index (κ2) is 4.91. The van der Waals surface area contributed by atoms with Crippen LogP contribution in [0.2, 0.25) is 0 Å². The number of nitrogens with zero attached hydrogens (tertiary/aromatic N) is 1. The van der Waals surface area contributed by atoms with Gasteiger partial charge in [0.15, 0.2) is 5.78 Å². The minimum atomic E-state index is -1.31. The normalized spacial score (nSPS) is 19.9. The number of fused-ring (bicyclic) bond motifs is 1. The Hall–Kier alpha value is -2.69. The van der Waals surface area contributed by atoms with Gasteiger partial charge in [-0.2, -0.15) is 0 Å². The predicted molar refractivity (Wildman–Crippen MR) is 82.9 cm³/mol. The number of Topliss-reactive ketones (excluding diaryl/α,β-unsaturated/α-hetero) is 2. The number of carbonyl (C=O) groups is 3. The van der Waals surface area contributed by atoms with E-state index in [1.165, 1.54) is 18.7 Å². The zero-order chi connectivity index (χ0) is 16.9. The highest BCUT2D eigenvalue weighted by atomic mass is 16.5. The number of hydrogen-bond acceptors (Lipinski definition) is 4. The van der Waals surface area contributed by atoms with Crippen molar-refractivity contribution < 1.29 is 19.1 Å². The van der Waals surface area contributed by atoms with E-state index in [2.05, 4.69) is 0 Å². The zero-order valence-electron chi connectivity index (χ0n) is 13.5. The number of carbonyl (C=O) groups excluding carboxylic acids is 3. The van der Waals surface area contributed by atoms with Gasteiger partial charge >= 0.3 is 0 Å². The van der Waals surface area contributed by atoms with Gasteiger partial charge in [0.1, 0.15) is 16.7 Å². The van der Waals surface area contributed by atoms with Crippen LogP contribution >= 0.6 is 0 Å². The van der Waals surface area contributed by atoms with Gasteiger partial charge in [0.25, 0.3) is 0 Å². The molecular formula is C18H17NO4. The number of ether oxygens (including phenoxy) is 1. The Morgan fingerprint density at radius 2 is 1.70 bits per heavy atom. The number of allylic oxidation sites excluding steroid dienone is 3. The minimum Gasteiger partial charge on any atom is -0.442 e. The van der Waals surface area contributed by atoms with E-state index >= 15 is 0 Å². The topological polar surface area (TPSA) is 63.7 Å². The second-order valence-corrected chi connectivity index (χ2v) is 6.21. The first-order valence-electron chi connectivity index (χ1n) is 7.35. The molecule has 0 atom stereocenters. The maximum absolute atomic E-state index is 12.8. The third kappa shape index (κ3) is 2.04. The molecular weight excluding hydrogens is 294 g/mol. The molecule has 0 fully saturated rings. The van der Waals surface area contributed by atoms with E-state index in [9.17, 15) is 14.4 Å². The van der Waals surface area contributed by atoms with Crippen LogP contribution in [0.15, 0.2) is 53.2 Å². The van der Waals surface area contributed by atoms with E-state index in [0.717, 1.165) is 0 Å². The Morgan fingerprint density at radius 3 is 2.30 bits per heavy atom.